The van der Waals surface area contributed by atoms with Crippen molar-refractivity contribution in [2.45, 2.75) is 31.3 Å². The molecule has 3 rings (SSSR count). The number of hydrogen-bond acceptors (Lipinski definition) is 6. The number of unbranched alkanes of at least 4 members (excludes halogenated alkanes) is 1. The fourth-order valence-corrected chi connectivity index (χ4v) is 4.22. The second-order valence-electron chi connectivity index (χ2n) is 5.94. The molecule has 0 saturated carbocycles. The van der Waals surface area contributed by atoms with Gasteiger partial charge in [0.15, 0.2) is 5.16 Å². The molecule has 0 fully saturated rings. The predicted octanol–water partition coefficient (Wildman–Crippen LogP) is 3.92. The molecule has 0 radical (unpaired) electrons. The Morgan fingerprint density at radius 1 is 1.37 bits per heavy atom. The zero-order valence-electron chi connectivity index (χ0n) is 14.9. The molecule has 0 atom stereocenters. The van der Waals surface area contributed by atoms with E-state index in [4.69, 9.17) is 11.6 Å². The van der Waals surface area contributed by atoms with E-state index in [0.29, 0.717) is 22.5 Å². The fourth-order valence-electron chi connectivity index (χ4n) is 2.45. The van der Waals surface area contributed by atoms with Gasteiger partial charge in [-0.15, -0.1) is 21.5 Å². The van der Waals surface area contributed by atoms with E-state index in [9.17, 15) is 4.79 Å². The highest BCUT2D eigenvalue weighted by Crippen LogP contribution is 2.21. The minimum atomic E-state index is -0.00858. The van der Waals surface area contributed by atoms with Crippen molar-refractivity contribution in [1.82, 2.24) is 25.1 Å². The van der Waals surface area contributed by atoms with Gasteiger partial charge in [-0.3, -0.25) is 9.36 Å². The zero-order chi connectivity index (χ0) is 19.1. The van der Waals surface area contributed by atoms with Crippen molar-refractivity contribution in [2.75, 3.05) is 12.3 Å². The van der Waals surface area contributed by atoms with Gasteiger partial charge in [0.05, 0.1) is 16.4 Å². The number of benzene rings is 1. The monoisotopic (exact) mass is 421 g/mol. The van der Waals surface area contributed by atoms with Gasteiger partial charge in [-0.2, -0.15) is 0 Å². The lowest BCUT2D eigenvalue weighted by molar-refractivity contribution is -0.118. The molecule has 1 aromatic carbocycles. The molecule has 27 heavy (non-hydrogen) atoms. The third-order valence-corrected chi connectivity index (χ3v) is 5.95. The van der Waals surface area contributed by atoms with Crippen LogP contribution in [0.15, 0.2) is 41.1 Å². The highest BCUT2D eigenvalue weighted by molar-refractivity contribution is 7.99. The van der Waals surface area contributed by atoms with Crippen molar-refractivity contribution in [3.05, 3.63) is 51.7 Å². The topological polar surface area (TPSA) is 72.7 Å². The van der Waals surface area contributed by atoms with E-state index in [1.807, 2.05) is 35.8 Å². The molecule has 142 valence electrons. The molecule has 0 aliphatic heterocycles. The summed E-state index contributed by atoms with van der Waals surface area (Å²) in [6, 6.07) is 7.43. The van der Waals surface area contributed by atoms with Gasteiger partial charge < -0.3 is 5.32 Å². The van der Waals surface area contributed by atoms with Crippen LogP contribution in [0.25, 0.3) is 5.69 Å². The van der Waals surface area contributed by atoms with Gasteiger partial charge in [0.25, 0.3) is 0 Å². The average Bonchev–Trinajstić information content (AvgIpc) is 3.28. The van der Waals surface area contributed by atoms with Gasteiger partial charge in [-0.25, -0.2) is 4.98 Å². The number of thiazole rings is 1. The van der Waals surface area contributed by atoms with Crippen LogP contribution in [0.1, 0.15) is 23.5 Å². The van der Waals surface area contributed by atoms with Crippen LogP contribution >= 0.6 is 34.7 Å². The molecular formula is C18H20ClN5OS2. The van der Waals surface area contributed by atoms with E-state index in [0.717, 1.165) is 35.7 Å². The lowest BCUT2D eigenvalue weighted by Gasteiger charge is -2.07. The second-order valence-corrected chi connectivity index (χ2v) is 8.26. The van der Waals surface area contributed by atoms with Crippen molar-refractivity contribution in [2.24, 2.45) is 0 Å². The number of carbonyl (C=O) groups is 1. The standard InChI is InChI=1S/C18H20ClN5OS2/c1-13-10-26-17(22-13)7-2-3-8-20-16(25)11-27-18-23-21-12-24(18)15-6-4-5-14(19)9-15/h4-6,9-10,12H,2-3,7-8,11H2,1H3,(H,20,25). The summed E-state index contributed by atoms with van der Waals surface area (Å²) in [4.78, 5) is 16.5. The molecule has 0 spiro atoms. The Morgan fingerprint density at radius 3 is 3.04 bits per heavy atom. The number of rotatable bonds is 9. The molecule has 2 heterocycles. The molecule has 0 unspecified atom stereocenters. The largest absolute Gasteiger partial charge is 0.355 e. The summed E-state index contributed by atoms with van der Waals surface area (Å²) in [5.41, 5.74) is 1.94. The molecule has 0 bridgehead atoms. The highest BCUT2D eigenvalue weighted by atomic mass is 35.5. The van der Waals surface area contributed by atoms with Crippen LogP contribution in [0.4, 0.5) is 0 Å². The molecule has 1 amide bonds. The Balaban J connectivity index is 1.39. The third-order valence-electron chi connectivity index (χ3n) is 3.74. The number of thioether (sulfide) groups is 1. The number of carbonyl (C=O) groups excluding carboxylic acids is 1. The summed E-state index contributed by atoms with van der Waals surface area (Å²) in [5.74, 6) is 0.288. The first-order valence-electron chi connectivity index (χ1n) is 8.58. The number of nitrogens with one attached hydrogen (secondary N) is 1. The quantitative estimate of drug-likeness (QED) is 0.418. The van der Waals surface area contributed by atoms with Crippen molar-refractivity contribution < 1.29 is 4.79 Å². The Bertz CT molecular complexity index is 895. The Hall–Kier alpha value is -1.90. The second kappa shape index (κ2) is 9.87. The maximum absolute atomic E-state index is 12.1. The number of nitrogens with zero attached hydrogens (tertiary/aromatic N) is 4. The summed E-state index contributed by atoms with van der Waals surface area (Å²) in [7, 11) is 0. The van der Waals surface area contributed by atoms with Crippen LogP contribution in [0.3, 0.4) is 0 Å². The fraction of sp³-hybridized carbons (Fsp3) is 0.333. The minimum Gasteiger partial charge on any atom is -0.355 e. The Labute approximate surface area is 171 Å². The van der Waals surface area contributed by atoms with Crippen molar-refractivity contribution in [3.8, 4) is 5.69 Å². The summed E-state index contributed by atoms with van der Waals surface area (Å²) in [5, 5.41) is 15.5. The number of aromatic nitrogens is 4. The summed E-state index contributed by atoms with van der Waals surface area (Å²) < 4.78 is 1.82. The number of hydrogen-bond donors (Lipinski definition) is 1. The molecule has 6 nitrogen and oxygen atoms in total. The van der Waals surface area contributed by atoms with E-state index < -0.39 is 0 Å². The number of halogens is 1. The average molecular weight is 422 g/mol. The zero-order valence-corrected chi connectivity index (χ0v) is 17.3. The first-order valence-corrected chi connectivity index (χ1v) is 10.8. The third kappa shape index (κ3) is 6.05. The van der Waals surface area contributed by atoms with Gasteiger partial charge in [-0.1, -0.05) is 29.4 Å². The lowest BCUT2D eigenvalue weighted by Crippen LogP contribution is -2.26. The van der Waals surface area contributed by atoms with Crippen LogP contribution < -0.4 is 5.32 Å². The smallest absolute Gasteiger partial charge is 0.230 e. The Morgan fingerprint density at radius 2 is 2.26 bits per heavy atom. The summed E-state index contributed by atoms with van der Waals surface area (Å²) in [6.45, 7) is 2.68. The van der Waals surface area contributed by atoms with E-state index in [1.165, 1.54) is 11.8 Å². The molecule has 0 aliphatic carbocycles. The highest BCUT2D eigenvalue weighted by Gasteiger charge is 2.10. The normalized spacial score (nSPS) is 10.9. The summed E-state index contributed by atoms with van der Waals surface area (Å²) >= 11 is 9.08. The molecular weight excluding hydrogens is 402 g/mol. The van der Waals surface area contributed by atoms with E-state index in [-0.39, 0.29) is 5.91 Å². The van der Waals surface area contributed by atoms with E-state index in [1.54, 1.807) is 17.7 Å². The molecule has 9 heteroatoms. The van der Waals surface area contributed by atoms with Crippen molar-refractivity contribution >= 4 is 40.6 Å². The van der Waals surface area contributed by atoms with Gasteiger partial charge in [0.2, 0.25) is 5.91 Å². The van der Waals surface area contributed by atoms with Crippen LogP contribution in [-0.4, -0.2) is 38.0 Å². The van der Waals surface area contributed by atoms with Crippen LogP contribution in [-0.2, 0) is 11.2 Å². The number of amides is 1. The maximum atomic E-state index is 12.1. The van der Waals surface area contributed by atoms with Gasteiger partial charge in [0, 0.05) is 22.6 Å². The molecule has 1 N–H and O–H groups in total. The SMILES string of the molecule is Cc1csc(CCCCNC(=O)CSc2nncn2-c2cccc(Cl)c2)n1. The van der Waals surface area contributed by atoms with Crippen LogP contribution in [0, 0.1) is 6.92 Å². The minimum absolute atomic E-state index is 0.00858. The molecule has 0 aliphatic rings. The molecule has 3 aromatic rings. The van der Waals surface area contributed by atoms with E-state index in [2.05, 4.69) is 25.9 Å². The van der Waals surface area contributed by atoms with Gasteiger partial charge in [-0.05, 0) is 44.4 Å². The predicted molar refractivity (Wildman–Crippen MR) is 110 cm³/mol. The maximum Gasteiger partial charge on any atom is 0.230 e. The van der Waals surface area contributed by atoms with Gasteiger partial charge in [0.1, 0.15) is 6.33 Å². The molecule has 0 saturated heterocycles. The van der Waals surface area contributed by atoms with Crippen molar-refractivity contribution in [3.63, 3.8) is 0 Å². The number of aryl methyl sites for hydroxylation is 2. The van der Waals surface area contributed by atoms with Gasteiger partial charge >= 0.3 is 0 Å². The van der Waals surface area contributed by atoms with E-state index >= 15 is 0 Å². The first kappa shape index (κ1) is 19.9. The summed E-state index contributed by atoms with van der Waals surface area (Å²) in [6.07, 6.45) is 4.54. The van der Waals surface area contributed by atoms with Crippen LogP contribution in [0.2, 0.25) is 5.02 Å². The first-order chi connectivity index (χ1) is 13.1. The molecule has 2 aromatic heterocycles. The van der Waals surface area contributed by atoms with Crippen LogP contribution in [0.5, 0.6) is 0 Å². The Kier molecular flexibility index (Phi) is 7.25. The lowest BCUT2D eigenvalue weighted by atomic mass is 10.2. The van der Waals surface area contributed by atoms with Crippen molar-refractivity contribution in [1.29, 1.82) is 0 Å².